The number of alkyl halides is 3. The quantitative estimate of drug-likeness (QED) is 0.932. The third-order valence-corrected chi connectivity index (χ3v) is 3.35. The number of morpholine rings is 1. The van der Waals surface area contributed by atoms with Crippen molar-refractivity contribution in [3.63, 3.8) is 0 Å². The van der Waals surface area contributed by atoms with Gasteiger partial charge in [0, 0.05) is 19.6 Å². The maximum atomic E-state index is 12.7. The molecule has 0 amide bonds. The minimum absolute atomic E-state index is 0.400. The first-order valence-corrected chi connectivity index (χ1v) is 6.89. The summed E-state index contributed by atoms with van der Waals surface area (Å²) in [6.45, 7) is 5.47. The van der Waals surface area contributed by atoms with Crippen molar-refractivity contribution in [1.82, 2.24) is 4.90 Å². The van der Waals surface area contributed by atoms with E-state index in [-0.39, 0.29) is 0 Å². The van der Waals surface area contributed by atoms with Crippen molar-refractivity contribution in [3.05, 3.63) is 35.4 Å². The molecule has 1 aromatic rings. The largest absolute Gasteiger partial charge is 0.416 e. The molecule has 0 aromatic heterocycles. The summed E-state index contributed by atoms with van der Waals surface area (Å²) >= 11 is 0. The van der Waals surface area contributed by atoms with E-state index in [4.69, 9.17) is 4.74 Å². The second-order valence-corrected chi connectivity index (χ2v) is 6.03. The van der Waals surface area contributed by atoms with Gasteiger partial charge in [0.2, 0.25) is 0 Å². The van der Waals surface area contributed by atoms with Crippen molar-refractivity contribution in [2.24, 2.45) is 0 Å². The zero-order valence-corrected chi connectivity index (χ0v) is 12.2. The van der Waals surface area contributed by atoms with E-state index in [2.05, 4.69) is 0 Å². The van der Waals surface area contributed by atoms with Gasteiger partial charge in [-0.1, -0.05) is 12.1 Å². The lowest BCUT2D eigenvalue weighted by molar-refractivity contribution is -0.137. The third kappa shape index (κ3) is 4.69. The molecule has 1 N–H and O–H groups in total. The first-order chi connectivity index (χ1) is 9.65. The summed E-state index contributed by atoms with van der Waals surface area (Å²) in [6, 6.07) is 5.24. The normalized spacial score (nSPS) is 21.5. The lowest BCUT2D eigenvalue weighted by Gasteiger charge is -2.36. The molecule has 1 heterocycles. The molecule has 0 spiro atoms. The van der Waals surface area contributed by atoms with Gasteiger partial charge >= 0.3 is 6.18 Å². The predicted octanol–water partition coefficient (Wildman–Crippen LogP) is 2.85. The average molecular weight is 303 g/mol. The van der Waals surface area contributed by atoms with E-state index in [0.717, 1.165) is 12.1 Å². The van der Waals surface area contributed by atoms with Crippen LogP contribution in [-0.2, 0) is 10.9 Å². The van der Waals surface area contributed by atoms with Crippen LogP contribution >= 0.6 is 0 Å². The van der Waals surface area contributed by atoms with Crippen molar-refractivity contribution in [1.29, 1.82) is 0 Å². The van der Waals surface area contributed by atoms with Gasteiger partial charge in [-0.15, -0.1) is 0 Å². The van der Waals surface area contributed by atoms with Gasteiger partial charge in [-0.25, -0.2) is 0 Å². The van der Waals surface area contributed by atoms with E-state index in [1.165, 1.54) is 6.07 Å². The zero-order chi connectivity index (χ0) is 15.7. The van der Waals surface area contributed by atoms with Crippen LogP contribution in [0, 0.1) is 0 Å². The highest BCUT2D eigenvalue weighted by Crippen LogP contribution is 2.32. The number of benzene rings is 1. The molecule has 0 radical (unpaired) electrons. The SMILES string of the molecule is CC(C)(O)CN1CCOC(c2cccc(C(F)(F)F)c2)C1. The predicted molar refractivity (Wildman–Crippen MR) is 72.9 cm³/mol. The molecule has 3 nitrogen and oxygen atoms in total. The lowest BCUT2D eigenvalue weighted by atomic mass is 10.0. The van der Waals surface area contributed by atoms with Crippen LogP contribution in [0.5, 0.6) is 0 Å². The van der Waals surface area contributed by atoms with E-state index in [1.807, 2.05) is 4.90 Å². The zero-order valence-electron chi connectivity index (χ0n) is 12.2. The van der Waals surface area contributed by atoms with Gasteiger partial charge in [-0.05, 0) is 31.5 Å². The topological polar surface area (TPSA) is 32.7 Å². The molecular formula is C15H20F3NO2. The average Bonchev–Trinajstić information content (AvgIpc) is 2.36. The molecule has 1 aliphatic heterocycles. The summed E-state index contributed by atoms with van der Waals surface area (Å²) in [6.07, 6.45) is -4.75. The Balaban J connectivity index is 2.11. The minimum atomic E-state index is -4.35. The van der Waals surface area contributed by atoms with E-state index in [0.29, 0.717) is 31.8 Å². The van der Waals surface area contributed by atoms with Gasteiger partial charge in [0.05, 0.1) is 23.9 Å². The lowest BCUT2D eigenvalue weighted by Crippen LogP contribution is -2.45. The number of aliphatic hydroxyl groups is 1. The molecule has 21 heavy (non-hydrogen) atoms. The molecule has 0 saturated carbocycles. The minimum Gasteiger partial charge on any atom is -0.389 e. The van der Waals surface area contributed by atoms with Crippen LogP contribution in [0.15, 0.2) is 24.3 Å². The maximum absolute atomic E-state index is 12.7. The second kappa shape index (κ2) is 5.94. The number of nitrogens with zero attached hydrogens (tertiary/aromatic N) is 1. The summed E-state index contributed by atoms with van der Waals surface area (Å²) in [7, 11) is 0. The van der Waals surface area contributed by atoms with E-state index < -0.39 is 23.4 Å². The van der Waals surface area contributed by atoms with Gasteiger partial charge in [-0.3, -0.25) is 4.90 Å². The van der Waals surface area contributed by atoms with Crippen LogP contribution in [0.3, 0.4) is 0 Å². The molecule has 1 fully saturated rings. The van der Waals surface area contributed by atoms with Gasteiger partial charge in [0.25, 0.3) is 0 Å². The summed E-state index contributed by atoms with van der Waals surface area (Å²) in [5.74, 6) is 0. The Kier molecular flexibility index (Phi) is 4.60. The van der Waals surface area contributed by atoms with Gasteiger partial charge in [0.15, 0.2) is 0 Å². The van der Waals surface area contributed by atoms with Crippen LogP contribution < -0.4 is 0 Å². The second-order valence-electron chi connectivity index (χ2n) is 6.03. The summed E-state index contributed by atoms with van der Waals surface area (Å²) in [4.78, 5) is 2.01. The van der Waals surface area contributed by atoms with E-state index in [9.17, 15) is 18.3 Å². The molecule has 1 atom stereocenters. The molecule has 6 heteroatoms. The highest BCUT2D eigenvalue weighted by Gasteiger charge is 2.32. The highest BCUT2D eigenvalue weighted by atomic mass is 19.4. The number of ether oxygens (including phenoxy) is 1. The Bertz CT molecular complexity index is 483. The third-order valence-electron chi connectivity index (χ3n) is 3.35. The van der Waals surface area contributed by atoms with Crippen molar-refractivity contribution in [3.8, 4) is 0 Å². The fourth-order valence-electron chi connectivity index (χ4n) is 2.51. The van der Waals surface area contributed by atoms with Gasteiger partial charge in [0.1, 0.15) is 0 Å². The molecule has 0 aliphatic carbocycles. The summed E-state index contributed by atoms with van der Waals surface area (Å²) in [5, 5.41) is 9.85. The number of hydrogen-bond acceptors (Lipinski definition) is 3. The highest BCUT2D eigenvalue weighted by molar-refractivity contribution is 5.27. The van der Waals surface area contributed by atoms with Crippen molar-refractivity contribution in [2.75, 3.05) is 26.2 Å². The van der Waals surface area contributed by atoms with Gasteiger partial charge < -0.3 is 9.84 Å². The van der Waals surface area contributed by atoms with Crippen molar-refractivity contribution >= 4 is 0 Å². The molecular weight excluding hydrogens is 283 g/mol. The van der Waals surface area contributed by atoms with Crippen molar-refractivity contribution < 1.29 is 23.0 Å². The monoisotopic (exact) mass is 303 g/mol. The first kappa shape index (κ1) is 16.3. The number of β-amino-alcohol motifs (C(OH)–C–C–N with tert-alkyl or cyclic N) is 1. The Morgan fingerprint density at radius 1 is 1.33 bits per heavy atom. The molecule has 2 rings (SSSR count). The molecule has 1 aliphatic rings. The number of rotatable bonds is 3. The Morgan fingerprint density at radius 2 is 2.05 bits per heavy atom. The summed E-state index contributed by atoms with van der Waals surface area (Å²) in [5.41, 5.74) is -0.983. The van der Waals surface area contributed by atoms with Crippen molar-refractivity contribution in [2.45, 2.75) is 31.7 Å². The van der Waals surface area contributed by atoms with Crippen LogP contribution in [0.1, 0.15) is 31.1 Å². The van der Waals surface area contributed by atoms with Gasteiger partial charge in [-0.2, -0.15) is 13.2 Å². The van der Waals surface area contributed by atoms with Crippen LogP contribution in [0.4, 0.5) is 13.2 Å². The van der Waals surface area contributed by atoms with E-state index in [1.54, 1.807) is 19.9 Å². The smallest absolute Gasteiger partial charge is 0.389 e. The van der Waals surface area contributed by atoms with E-state index >= 15 is 0 Å². The maximum Gasteiger partial charge on any atom is 0.416 e. The molecule has 118 valence electrons. The number of halogens is 3. The summed E-state index contributed by atoms with van der Waals surface area (Å²) < 4.78 is 43.8. The molecule has 1 saturated heterocycles. The van der Waals surface area contributed by atoms with Crippen LogP contribution in [0.25, 0.3) is 0 Å². The fraction of sp³-hybridized carbons (Fsp3) is 0.600. The Hall–Kier alpha value is -1.11. The number of hydrogen-bond donors (Lipinski definition) is 1. The Labute approximate surface area is 122 Å². The Morgan fingerprint density at radius 3 is 2.67 bits per heavy atom. The molecule has 0 bridgehead atoms. The van der Waals surface area contributed by atoms with Crippen LogP contribution in [0.2, 0.25) is 0 Å². The first-order valence-electron chi connectivity index (χ1n) is 6.89. The molecule has 1 aromatic carbocycles. The standard InChI is InChI=1S/C15H20F3NO2/c1-14(2,20)10-19-6-7-21-13(9-19)11-4-3-5-12(8-11)15(16,17)18/h3-5,8,13,20H,6-7,9-10H2,1-2H3. The van der Waals surface area contributed by atoms with Crippen LogP contribution in [-0.4, -0.2) is 41.8 Å². The fourth-order valence-corrected chi connectivity index (χ4v) is 2.51. The molecule has 1 unspecified atom stereocenters.